The van der Waals surface area contributed by atoms with Gasteiger partial charge < -0.3 is 10.7 Å². The minimum absolute atomic E-state index is 0.542. The van der Waals surface area contributed by atoms with E-state index in [1.165, 1.54) is 38.5 Å². The van der Waals surface area contributed by atoms with Crippen LogP contribution < -0.4 is 16.6 Å². The summed E-state index contributed by atoms with van der Waals surface area (Å²) in [6.07, 6.45) is 7.48. The molecule has 19 heavy (non-hydrogen) atoms. The van der Waals surface area contributed by atoms with Crippen molar-refractivity contribution in [2.45, 2.75) is 57.4 Å². The summed E-state index contributed by atoms with van der Waals surface area (Å²) in [6.45, 7) is 2.34. The summed E-state index contributed by atoms with van der Waals surface area (Å²) in [7, 11) is 0. The number of nitrogens with two attached hydrogens (primary N) is 1. The Morgan fingerprint density at radius 2 is 1.74 bits per heavy atom. The van der Waals surface area contributed by atoms with Gasteiger partial charge in [0.1, 0.15) is 17.5 Å². The smallest absolute Gasteiger partial charge is 0.145 e. The Morgan fingerprint density at radius 1 is 1.05 bits per heavy atom. The monoisotopic (exact) mass is 261 g/mol. The molecule has 104 valence electrons. The molecular formula is C14H23N5. The third-order valence-corrected chi connectivity index (χ3v) is 4.20. The first-order valence-electron chi connectivity index (χ1n) is 7.36. The van der Waals surface area contributed by atoms with E-state index in [9.17, 15) is 0 Å². The molecule has 2 aliphatic rings. The minimum Gasteiger partial charge on any atom is -0.367 e. The van der Waals surface area contributed by atoms with Gasteiger partial charge in [0.2, 0.25) is 0 Å². The first-order valence-corrected chi connectivity index (χ1v) is 7.36. The molecule has 1 aromatic heterocycles. The summed E-state index contributed by atoms with van der Waals surface area (Å²) in [4.78, 5) is 9.07. The zero-order valence-electron chi connectivity index (χ0n) is 11.5. The Balaban J connectivity index is 1.70. The van der Waals surface area contributed by atoms with Crippen LogP contribution >= 0.6 is 0 Å². The fourth-order valence-corrected chi connectivity index (χ4v) is 2.75. The van der Waals surface area contributed by atoms with Crippen molar-refractivity contribution >= 4 is 11.6 Å². The highest BCUT2D eigenvalue weighted by Crippen LogP contribution is 2.39. The predicted octanol–water partition coefficient (Wildman–Crippen LogP) is 2.63. The SMILES string of the molecule is CC1CCC(Nc2cc(NN)nc(C3CC3)n2)CC1. The molecule has 2 fully saturated rings. The number of nitrogens with zero attached hydrogens (tertiary/aromatic N) is 2. The van der Waals surface area contributed by atoms with Gasteiger partial charge in [0.15, 0.2) is 0 Å². The van der Waals surface area contributed by atoms with E-state index in [0.717, 1.165) is 17.6 Å². The van der Waals surface area contributed by atoms with E-state index in [1.807, 2.05) is 6.07 Å². The Morgan fingerprint density at radius 3 is 2.37 bits per heavy atom. The summed E-state index contributed by atoms with van der Waals surface area (Å²) in [5, 5.41) is 3.55. The van der Waals surface area contributed by atoms with Crippen molar-refractivity contribution in [3.63, 3.8) is 0 Å². The van der Waals surface area contributed by atoms with Crippen LogP contribution in [0.3, 0.4) is 0 Å². The van der Waals surface area contributed by atoms with Crippen LogP contribution in [0.4, 0.5) is 11.6 Å². The van der Waals surface area contributed by atoms with Gasteiger partial charge in [-0.2, -0.15) is 0 Å². The lowest BCUT2D eigenvalue weighted by atomic mass is 9.87. The molecule has 0 radical (unpaired) electrons. The molecule has 0 aromatic carbocycles. The maximum absolute atomic E-state index is 5.49. The van der Waals surface area contributed by atoms with Crippen LogP contribution in [0, 0.1) is 5.92 Å². The zero-order valence-corrected chi connectivity index (χ0v) is 11.5. The van der Waals surface area contributed by atoms with E-state index in [1.54, 1.807) is 0 Å². The standard InChI is InChI=1S/C14H23N5/c1-9-2-6-11(7-3-9)16-12-8-13(19-15)18-14(17-12)10-4-5-10/h8-11H,2-7,15H2,1H3,(H2,16,17,18,19). The molecule has 1 aromatic rings. The van der Waals surface area contributed by atoms with Crippen LogP contribution in [0.5, 0.6) is 0 Å². The number of aromatic nitrogens is 2. The van der Waals surface area contributed by atoms with Crippen molar-refractivity contribution in [3.05, 3.63) is 11.9 Å². The van der Waals surface area contributed by atoms with Crippen molar-refractivity contribution < 1.29 is 0 Å². The van der Waals surface area contributed by atoms with Crippen LogP contribution in [0.25, 0.3) is 0 Å². The lowest BCUT2D eigenvalue weighted by Crippen LogP contribution is -2.26. The molecule has 3 rings (SSSR count). The fraction of sp³-hybridized carbons (Fsp3) is 0.714. The van der Waals surface area contributed by atoms with Gasteiger partial charge in [-0.1, -0.05) is 6.92 Å². The lowest BCUT2D eigenvalue weighted by Gasteiger charge is -2.27. The molecule has 4 N–H and O–H groups in total. The van der Waals surface area contributed by atoms with Crippen molar-refractivity contribution in [2.24, 2.45) is 11.8 Å². The number of nitrogen functional groups attached to an aromatic ring is 1. The summed E-state index contributed by atoms with van der Waals surface area (Å²) in [5.41, 5.74) is 2.64. The maximum Gasteiger partial charge on any atom is 0.145 e. The molecule has 0 saturated heterocycles. The van der Waals surface area contributed by atoms with Crippen LogP contribution in [0.1, 0.15) is 57.2 Å². The summed E-state index contributed by atoms with van der Waals surface area (Å²) < 4.78 is 0. The van der Waals surface area contributed by atoms with Gasteiger partial charge in [-0.3, -0.25) is 0 Å². The Bertz CT molecular complexity index is 435. The van der Waals surface area contributed by atoms with Crippen LogP contribution in [-0.4, -0.2) is 16.0 Å². The molecule has 5 nitrogen and oxygen atoms in total. The summed E-state index contributed by atoms with van der Waals surface area (Å²) >= 11 is 0. The van der Waals surface area contributed by atoms with E-state index in [-0.39, 0.29) is 0 Å². The first kappa shape index (κ1) is 12.7. The van der Waals surface area contributed by atoms with Crippen LogP contribution in [-0.2, 0) is 0 Å². The van der Waals surface area contributed by atoms with E-state index in [0.29, 0.717) is 17.8 Å². The van der Waals surface area contributed by atoms with Gasteiger partial charge in [0.25, 0.3) is 0 Å². The van der Waals surface area contributed by atoms with E-state index >= 15 is 0 Å². The van der Waals surface area contributed by atoms with E-state index < -0.39 is 0 Å². The second kappa shape index (κ2) is 5.33. The summed E-state index contributed by atoms with van der Waals surface area (Å²) in [6, 6.07) is 2.45. The average Bonchev–Trinajstić information content (AvgIpc) is 3.25. The van der Waals surface area contributed by atoms with Crippen LogP contribution in [0.15, 0.2) is 6.07 Å². The molecule has 0 amide bonds. The predicted molar refractivity (Wildman–Crippen MR) is 76.9 cm³/mol. The zero-order chi connectivity index (χ0) is 13.2. The molecule has 5 heteroatoms. The van der Waals surface area contributed by atoms with Crippen molar-refractivity contribution in [2.75, 3.05) is 10.7 Å². The first-order chi connectivity index (χ1) is 9.24. The third-order valence-electron chi connectivity index (χ3n) is 4.20. The van der Waals surface area contributed by atoms with Crippen molar-refractivity contribution in [3.8, 4) is 0 Å². The van der Waals surface area contributed by atoms with Gasteiger partial charge in [-0.25, -0.2) is 15.8 Å². The Labute approximate surface area is 114 Å². The van der Waals surface area contributed by atoms with Crippen LogP contribution in [0.2, 0.25) is 0 Å². The number of hydrazine groups is 1. The topological polar surface area (TPSA) is 75.9 Å². The lowest BCUT2D eigenvalue weighted by molar-refractivity contribution is 0.360. The number of hydrogen-bond donors (Lipinski definition) is 3. The molecule has 0 spiro atoms. The highest BCUT2D eigenvalue weighted by atomic mass is 15.3. The normalized spacial score (nSPS) is 27.1. The molecular weight excluding hydrogens is 238 g/mol. The van der Waals surface area contributed by atoms with Crippen molar-refractivity contribution in [1.82, 2.24) is 9.97 Å². The molecule has 1 heterocycles. The van der Waals surface area contributed by atoms with E-state index in [4.69, 9.17) is 5.84 Å². The molecule has 0 atom stereocenters. The maximum atomic E-state index is 5.49. The number of nitrogens with one attached hydrogen (secondary N) is 2. The van der Waals surface area contributed by atoms with Gasteiger partial charge in [-0.05, 0) is 44.4 Å². The van der Waals surface area contributed by atoms with Gasteiger partial charge in [0, 0.05) is 18.0 Å². The second-order valence-electron chi connectivity index (χ2n) is 6.02. The Kier molecular flexibility index (Phi) is 3.55. The highest BCUT2D eigenvalue weighted by molar-refractivity contribution is 5.48. The van der Waals surface area contributed by atoms with E-state index in [2.05, 4.69) is 27.6 Å². The largest absolute Gasteiger partial charge is 0.367 e. The fourth-order valence-electron chi connectivity index (χ4n) is 2.75. The number of rotatable bonds is 4. The Hall–Kier alpha value is -1.36. The summed E-state index contributed by atoms with van der Waals surface area (Å²) in [5.74, 6) is 9.47. The number of hydrogen-bond acceptors (Lipinski definition) is 5. The van der Waals surface area contributed by atoms with Gasteiger partial charge in [-0.15, -0.1) is 0 Å². The van der Waals surface area contributed by atoms with Crippen molar-refractivity contribution in [1.29, 1.82) is 0 Å². The van der Waals surface area contributed by atoms with Gasteiger partial charge in [0.05, 0.1) is 0 Å². The molecule has 0 bridgehead atoms. The molecule has 0 unspecified atom stereocenters. The second-order valence-corrected chi connectivity index (χ2v) is 6.02. The quantitative estimate of drug-likeness (QED) is 0.574. The minimum atomic E-state index is 0.542. The average molecular weight is 261 g/mol. The number of anilines is 2. The highest BCUT2D eigenvalue weighted by Gasteiger charge is 2.27. The third kappa shape index (κ3) is 3.15. The molecule has 2 aliphatic carbocycles. The van der Waals surface area contributed by atoms with Gasteiger partial charge >= 0.3 is 0 Å². The molecule has 0 aliphatic heterocycles. The molecule has 2 saturated carbocycles.